The summed E-state index contributed by atoms with van der Waals surface area (Å²) in [5, 5.41) is 6.53. The van der Waals surface area contributed by atoms with Crippen LogP contribution in [0.15, 0.2) is 24.3 Å². The lowest BCUT2D eigenvalue weighted by atomic mass is 10.2. The third-order valence-electron chi connectivity index (χ3n) is 2.57. The standard InChI is InChI=1S/C16H24N2O2S2/c1-11(2)21-9-15(19)17-13-7-5-6-8-14(13)18-16(20)10-22-12(3)4/h5-8,11-12H,9-10H2,1-4H3,(H,17,19)(H,18,20). The van der Waals surface area contributed by atoms with E-state index in [1.165, 1.54) is 0 Å². The Labute approximate surface area is 141 Å². The quantitative estimate of drug-likeness (QED) is 0.755. The van der Waals surface area contributed by atoms with E-state index in [4.69, 9.17) is 0 Å². The summed E-state index contributed by atoms with van der Waals surface area (Å²) < 4.78 is 0. The van der Waals surface area contributed by atoms with Gasteiger partial charge in [0.2, 0.25) is 11.8 Å². The van der Waals surface area contributed by atoms with Crippen molar-refractivity contribution in [2.24, 2.45) is 0 Å². The van der Waals surface area contributed by atoms with Crippen LogP contribution in [-0.2, 0) is 9.59 Å². The molecule has 1 aromatic rings. The number of carbonyl (C=O) groups is 2. The van der Waals surface area contributed by atoms with Crippen LogP contribution >= 0.6 is 23.5 Å². The molecular formula is C16H24N2O2S2. The normalized spacial score (nSPS) is 10.8. The number of anilines is 2. The Bertz CT molecular complexity index is 460. The fourth-order valence-corrected chi connectivity index (χ4v) is 2.67. The number of rotatable bonds is 8. The maximum absolute atomic E-state index is 11.9. The summed E-state index contributed by atoms with van der Waals surface area (Å²) in [7, 11) is 0. The molecule has 0 aliphatic rings. The predicted molar refractivity (Wildman–Crippen MR) is 98.9 cm³/mol. The minimum absolute atomic E-state index is 0.0584. The molecule has 22 heavy (non-hydrogen) atoms. The van der Waals surface area contributed by atoms with Crippen molar-refractivity contribution in [3.05, 3.63) is 24.3 Å². The highest BCUT2D eigenvalue weighted by Gasteiger charge is 2.10. The second-order valence-corrected chi connectivity index (χ2v) is 8.49. The molecule has 0 aliphatic heterocycles. The maximum Gasteiger partial charge on any atom is 0.234 e. The highest BCUT2D eigenvalue weighted by Crippen LogP contribution is 2.22. The molecule has 0 saturated carbocycles. The first kappa shape index (κ1) is 18.9. The molecule has 6 heteroatoms. The molecule has 0 saturated heterocycles. The maximum atomic E-state index is 11.9. The van der Waals surface area contributed by atoms with Crippen LogP contribution in [0.1, 0.15) is 27.7 Å². The summed E-state index contributed by atoms with van der Waals surface area (Å²) in [6.45, 7) is 8.22. The molecule has 1 rings (SSSR count). The Morgan fingerprint density at radius 1 is 0.864 bits per heavy atom. The SMILES string of the molecule is CC(C)SCC(=O)Nc1ccccc1NC(=O)CSC(C)C. The lowest BCUT2D eigenvalue weighted by Crippen LogP contribution is -2.19. The number of hydrogen-bond acceptors (Lipinski definition) is 4. The second-order valence-electron chi connectivity index (χ2n) is 5.36. The fourth-order valence-electron chi connectivity index (χ4n) is 1.56. The molecule has 0 bridgehead atoms. The van der Waals surface area contributed by atoms with Gasteiger partial charge in [-0.3, -0.25) is 9.59 Å². The highest BCUT2D eigenvalue weighted by atomic mass is 32.2. The first-order valence-electron chi connectivity index (χ1n) is 7.30. The zero-order valence-corrected chi connectivity index (χ0v) is 15.1. The largest absolute Gasteiger partial charge is 0.324 e. The van der Waals surface area contributed by atoms with Crippen LogP contribution in [0.3, 0.4) is 0 Å². The average Bonchev–Trinajstić information content (AvgIpc) is 2.45. The number of hydrogen-bond donors (Lipinski definition) is 2. The zero-order chi connectivity index (χ0) is 16.5. The molecule has 0 aliphatic carbocycles. The van der Waals surface area contributed by atoms with Crippen LogP contribution in [-0.4, -0.2) is 33.8 Å². The van der Waals surface area contributed by atoms with Crippen molar-refractivity contribution >= 4 is 46.7 Å². The molecule has 2 amide bonds. The van der Waals surface area contributed by atoms with E-state index < -0.39 is 0 Å². The van der Waals surface area contributed by atoms with Gasteiger partial charge in [0.05, 0.1) is 22.9 Å². The van der Waals surface area contributed by atoms with E-state index in [-0.39, 0.29) is 11.8 Å². The van der Waals surface area contributed by atoms with Gasteiger partial charge in [0.1, 0.15) is 0 Å². The van der Waals surface area contributed by atoms with Crippen LogP contribution in [0.4, 0.5) is 11.4 Å². The van der Waals surface area contributed by atoms with E-state index >= 15 is 0 Å². The lowest BCUT2D eigenvalue weighted by Gasteiger charge is -2.13. The summed E-state index contributed by atoms with van der Waals surface area (Å²) in [5.41, 5.74) is 1.28. The summed E-state index contributed by atoms with van der Waals surface area (Å²) in [6.07, 6.45) is 0. The summed E-state index contributed by atoms with van der Waals surface area (Å²) in [5.74, 6) is 0.695. The summed E-state index contributed by atoms with van der Waals surface area (Å²) in [6, 6.07) is 7.26. The molecule has 122 valence electrons. The third kappa shape index (κ3) is 7.75. The van der Waals surface area contributed by atoms with Gasteiger partial charge in [-0.1, -0.05) is 39.8 Å². The van der Waals surface area contributed by atoms with Crippen LogP contribution in [0.2, 0.25) is 0 Å². The van der Waals surface area contributed by atoms with Crippen molar-refractivity contribution in [2.75, 3.05) is 22.1 Å². The van der Waals surface area contributed by atoms with Crippen LogP contribution in [0.25, 0.3) is 0 Å². The van der Waals surface area contributed by atoms with Gasteiger partial charge >= 0.3 is 0 Å². The number of thioether (sulfide) groups is 2. The average molecular weight is 341 g/mol. The molecule has 2 N–H and O–H groups in total. The molecule has 0 unspecified atom stereocenters. The van der Waals surface area contributed by atoms with Crippen molar-refractivity contribution in [2.45, 2.75) is 38.2 Å². The molecular weight excluding hydrogens is 316 g/mol. The van der Waals surface area contributed by atoms with Gasteiger partial charge in [0.15, 0.2) is 0 Å². The molecule has 0 spiro atoms. The number of benzene rings is 1. The third-order valence-corrected chi connectivity index (χ3v) is 4.76. The van der Waals surface area contributed by atoms with E-state index in [1.54, 1.807) is 35.7 Å². The number of para-hydroxylation sites is 2. The van der Waals surface area contributed by atoms with Crippen LogP contribution in [0.5, 0.6) is 0 Å². The van der Waals surface area contributed by atoms with Gasteiger partial charge < -0.3 is 10.6 Å². The Morgan fingerprint density at radius 3 is 1.55 bits per heavy atom. The fraction of sp³-hybridized carbons (Fsp3) is 0.500. The Kier molecular flexibility index (Phi) is 8.42. The lowest BCUT2D eigenvalue weighted by molar-refractivity contribution is -0.114. The number of nitrogens with one attached hydrogen (secondary N) is 2. The Balaban J connectivity index is 2.61. The van der Waals surface area contributed by atoms with Gasteiger partial charge in [0.25, 0.3) is 0 Å². The topological polar surface area (TPSA) is 58.2 Å². The first-order valence-corrected chi connectivity index (χ1v) is 9.40. The summed E-state index contributed by atoms with van der Waals surface area (Å²) >= 11 is 3.17. The molecule has 0 aromatic heterocycles. The van der Waals surface area contributed by atoms with Crippen molar-refractivity contribution < 1.29 is 9.59 Å². The van der Waals surface area contributed by atoms with Crippen LogP contribution < -0.4 is 10.6 Å². The zero-order valence-electron chi connectivity index (χ0n) is 13.5. The smallest absolute Gasteiger partial charge is 0.234 e. The molecule has 1 aromatic carbocycles. The van der Waals surface area contributed by atoms with Crippen molar-refractivity contribution in [1.29, 1.82) is 0 Å². The van der Waals surface area contributed by atoms with Gasteiger partial charge in [0, 0.05) is 0 Å². The molecule has 0 radical (unpaired) electrons. The van der Waals surface area contributed by atoms with E-state index in [1.807, 2.05) is 12.1 Å². The first-order chi connectivity index (χ1) is 10.4. The molecule has 4 nitrogen and oxygen atoms in total. The Hall–Kier alpha value is -1.14. The predicted octanol–water partition coefficient (Wildman–Crippen LogP) is 3.85. The number of carbonyl (C=O) groups excluding carboxylic acids is 2. The van der Waals surface area contributed by atoms with Gasteiger partial charge in [-0.25, -0.2) is 0 Å². The molecule has 0 fully saturated rings. The van der Waals surface area contributed by atoms with Crippen LogP contribution in [0, 0.1) is 0 Å². The monoisotopic (exact) mass is 340 g/mol. The van der Waals surface area contributed by atoms with E-state index in [2.05, 4.69) is 38.3 Å². The van der Waals surface area contributed by atoms with Crippen molar-refractivity contribution in [3.8, 4) is 0 Å². The van der Waals surface area contributed by atoms with E-state index in [9.17, 15) is 9.59 Å². The molecule has 0 heterocycles. The number of amides is 2. The van der Waals surface area contributed by atoms with Gasteiger partial charge in [-0.15, -0.1) is 23.5 Å². The minimum atomic E-state index is -0.0584. The van der Waals surface area contributed by atoms with Gasteiger partial charge in [-0.2, -0.15) is 0 Å². The minimum Gasteiger partial charge on any atom is -0.324 e. The van der Waals surface area contributed by atoms with E-state index in [0.717, 1.165) is 0 Å². The van der Waals surface area contributed by atoms with Crippen molar-refractivity contribution in [3.63, 3.8) is 0 Å². The van der Waals surface area contributed by atoms with Gasteiger partial charge in [-0.05, 0) is 22.6 Å². The van der Waals surface area contributed by atoms with E-state index in [0.29, 0.717) is 33.4 Å². The Morgan fingerprint density at radius 2 is 1.23 bits per heavy atom. The highest BCUT2D eigenvalue weighted by molar-refractivity contribution is 8.00. The van der Waals surface area contributed by atoms with Crippen molar-refractivity contribution in [1.82, 2.24) is 0 Å². The molecule has 0 atom stereocenters. The summed E-state index contributed by atoms with van der Waals surface area (Å²) in [4.78, 5) is 23.8. The second kappa shape index (κ2) is 9.79.